The van der Waals surface area contributed by atoms with E-state index in [2.05, 4.69) is 33.5 Å². The summed E-state index contributed by atoms with van der Waals surface area (Å²) in [6.45, 7) is 6.78. The molecular weight excluding hydrogens is 278 g/mol. The Morgan fingerprint density at radius 2 is 1.64 bits per heavy atom. The Morgan fingerprint density at radius 1 is 1.05 bits per heavy atom. The lowest BCUT2D eigenvalue weighted by molar-refractivity contribution is -0.135. The van der Waals surface area contributed by atoms with Crippen LogP contribution in [0.15, 0.2) is 12.7 Å². The van der Waals surface area contributed by atoms with Crippen molar-refractivity contribution in [2.45, 2.75) is 64.1 Å². The summed E-state index contributed by atoms with van der Waals surface area (Å²) in [5.41, 5.74) is 0. The maximum Gasteiger partial charge on any atom is 0.236 e. The maximum absolute atomic E-state index is 12.6. The van der Waals surface area contributed by atoms with Crippen LogP contribution in [0, 0.1) is 0 Å². The van der Waals surface area contributed by atoms with Crippen molar-refractivity contribution in [3.05, 3.63) is 12.7 Å². The van der Waals surface area contributed by atoms with Crippen LogP contribution < -0.4 is 0 Å². The molecule has 2 fully saturated rings. The number of carbonyl (C=O) groups is 1. The third-order valence-corrected chi connectivity index (χ3v) is 5.37. The van der Waals surface area contributed by atoms with Gasteiger partial charge >= 0.3 is 0 Å². The number of piperidine rings is 2. The molecule has 122 valence electrons. The molecule has 1 aromatic heterocycles. The summed E-state index contributed by atoms with van der Waals surface area (Å²) in [4.78, 5) is 17.0. The van der Waals surface area contributed by atoms with Gasteiger partial charge in [-0.25, -0.2) is 0 Å². The first-order valence-electron chi connectivity index (χ1n) is 8.53. The average molecular weight is 305 g/mol. The molecule has 0 aliphatic carbocycles. The van der Waals surface area contributed by atoms with Crippen LogP contribution in [0.25, 0.3) is 0 Å². The summed E-state index contributed by atoms with van der Waals surface area (Å²) in [5.74, 6) is 0.294. The highest BCUT2D eigenvalue weighted by molar-refractivity contribution is 5.78. The van der Waals surface area contributed by atoms with E-state index in [9.17, 15) is 4.79 Å². The SMILES string of the molecule is C[C@@H]1CCC[C@H](C)N1CC(=O)N1CCC(n2cnnc2)CC1. The summed E-state index contributed by atoms with van der Waals surface area (Å²) < 4.78 is 2.07. The zero-order valence-corrected chi connectivity index (χ0v) is 13.7. The van der Waals surface area contributed by atoms with Crippen LogP contribution in [0.4, 0.5) is 0 Å². The largest absolute Gasteiger partial charge is 0.341 e. The van der Waals surface area contributed by atoms with Crippen LogP contribution in [0.5, 0.6) is 0 Å². The molecule has 0 spiro atoms. The van der Waals surface area contributed by atoms with Gasteiger partial charge in [0.25, 0.3) is 0 Å². The molecule has 0 saturated carbocycles. The molecule has 22 heavy (non-hydrogen) atoms. The second-order valence-electron chi connectivity index (χ2n) is 6.82. The minimum atomic E-state index is 0.294. The van der Waals surface area contributed by atoms with Crippen molar-refractivity contribution >= 4 is 5.91 Å². The number of carbonyl (C=O) groups excluding carboxylic acids is 1. The molecule has 3 heterocycles. The number of likely N-dealkylation sites (tertiary alicyclic amines) is 2. The second-order valence-corrected chi connectivity index (χ2v) is 6.82. The van der Waals surface area contributed by atoms with E-state index >= 15 is 0 Å². The Kier molecular flexibility index (Phi) is 4.76. The molecule has 0 aromatic carbocycles. The van der Waals surface area contributed by atoms with Crippen LogP contribution in [-0.2, 0) is 4.79 Å². The lowest BCUT2D eigenvalue weighted by atomic mass is 9.97. The van der Waals surface area contributed by atoms with Gasteiger partial charge in [-0.3, -0.25) is 9.69 Å². The Morgan fingerprint density at radius 3 is 2.23 bits per heavy atom. The van der Waals surface area contributed by atoms with Gasteiger partial charge in [0.05, 0.1) is 6.54 Å². The van der Waals surface area contributed by atoms with E-state index in [4.69, 9.17) is 0 Å². The van der Waals surface area contributed by atoms with Gasteiger partial charge in [-0.15, -0.1) is 10.2 Å². The van der Waals surface area contributed by atoms with Crippen LogP contribution >= 0.6 is 0 Å². The van der Waals surface area contributed by atoms with Crippen molar-refractivity contribution in [2.75, 3.05) is 19.6 Å². The minimum absolute atomic E-state index is 0.294. The summed E-state index contributed by atoms with van der Waals surface area (Å²) in [6, 6.07) is 1.50. The number of rotatable bonds is 3. The molecule has 1 amide bonds. The molecule has 0 N–H and O–H groups in total. The summed E-state index contributed by atoms with van der Waals surface area (Å²) in [7, 11) is 0. The van der Waals surface area contributed by atoms with Crippen molar-refractivity contribution in [3.63, 3.8) is 0 Å². The van der Waals surface area contributed by atoms with Crippen LogP contribution in [-0.4, -0.2) is 62.2 Å². The fraction of sp³-hybridized carbons (Fsp3) is 0.812. The molecule has 0 bridgehead atoms. The van der Waals surface area contributed by atoms with E-state index in [0.29, 0.717) is 30.6 Å². The number of aromatic nitrogens is 3. The number of amides is 1. The molecule has 3 rings (SSSR count). The van der Waals surface area contributed by atoms with Gasteiger partial charge < -0.3 is 9.47 Å². The molecule has 0 unspecified atom stereocenters. The molecule has 6 nitrogen and oxygen atoms in total. The molecule has 2 aliphatic rings. The van der Waals surface area contributed by atoms with E-state index < -0.39 is 0 Å². The predicted octanol–water partition coefficient (Wildman–Crippen LogP) is 1.70. The highest BCUT2D eigenvalue weighted by Crippen LogP contribution is 2.24. The monoisotopic (exact) mass is 305 g/mol. The van der Waals surface area contributed by atoms with Gasteiger partial charge in [0.15, 0.2) is 0 Å². The average Bonchev–Trinajstić information content (AvgIpc) is 3.05. The quantitative estimate of drug-likeness (QED) is 0.853. The van der Waals surface area contributed by atoms with Crippen LogP contribution in [0.3, 0.4) is 0 Å². The molecule has 1 aromatic rings. The molecule has 2 saturated heterocycles. The standard InChI is InChI=1S/C16H27N5O/c1-13-4-3-5-14(2)21(13)10-16(22)19-8-6-15(7-9-19)20-11-17-18-12-20/h11-15H,3-10H2,1-2H3/t13-,14+. The third kappa shape index (κ3) is 3.32. The Labute approximate surface area is 132 Å². The van der Waals surface area contributed by atoms with Crippen molar-refractivity contribution in [1.82, 2.24) is 24.6 Å². The number of hydrogen-bond donors (Lipinski definition) is 0. The maximum atomic E-state index is 12.6. The van der Waals surface area contributed by atoms with Gasteiger partial charge in [0, 0.05) is 31.2 Å². The Bertz CT molecular complexity index is 471. The molecule has 2 atom stereocenters. The van der Waals surface area contributed by atoms with E-state index in [-0.39, 0.29) is 0 Å². The van der Waals surface area contributed by atoms with Gasteiger partial charge in [-0.1, -0.05) is 6.42 Å². The normalized spacial score (nSPS) is 28.0. The van der Waals surface area contributed by atoms with Crippen LogP contribution in [0.1, 0.15) is 52.0 Å². The molecule has 6 heteroatoms. The van der Waals surface area contributed by atoms with Gasteiger partial charge in [-0.2, -0.15) is 0 Å². The van der Waals surface area contributed by atoms with Crippen molar-refractivity contribution in [2.24, 2.45) is 0 Å². The third-order valence-electron chi connectivity index (χ3n) is 5.37. The molecule has 2 aliphatic heterocycles. The van der Waals surface area contributed by atoms with Crippen molar-refractivity contribution in [3.8, 4) is 0 Å². The number of nitrogens with zero attached hydrogens (tertiary/aromatic N) is 5. The first-order chi connectivity index (χ1) is 10.6. The van der Waals surface area contributed by atoms with Gasteiger partial charge in [-0.05, 0) is 39.5 Å². The highest BCUT2D eigenvalue weighted by Gasteiger charge is 2.29. The molecular formula is C16H27N5O. The zero-order valence-electron chi connectivity index (χ0n) is 13.7. The number of hydrogen-bond acceptors (Lipinski definition) is 4. The Balaban J connectivity index is 1.51. The van der Waals surface area contributed by atoms with E-state index in [1.54, 1.807) is 12.7 Å². The topological polar surface area (TPSA) is 54.3 Å². The highest BCUT2D eigenvalue weighted by atomic mass is 16.2. The second kappa shape index (κ2) is 6.77. The summed E-state index contributed by atoms with van der Waals surface area (Å²) >= 11 is 0. The summed E-state index contributed by atoms with van der Waals surface area (Å²) in [6.07, 6.45) is 9.26. The van der Waals surface area contributed by atoms with E-state index in [1.807, 2.05) is 4.90 Å². The zero-order chi connectivity index (χ0) is 15.5. The van der Waals surface area contributed by atoms with Crippen molar-refractivity contribution in [1.29, 1.82) is 0 Å². The fourth-order valence-corrected chi connectivity index (χ4v) is 3.85. The van der Waals surface area contributed by atoms with E-state index in [0.717, 1.165) is 25.9 Å². The predicted molar refractivity (Wildman–Crippen MR) is 84.4 cm³/mol. The van der Waals surface area contributed by atoms with Crippen molar-refractivity contribution < 1.29 is 4.79 Å². The summed E-state index contributed by atoms with van der Waals surface area (Å²) in [5, 5.41) is 7.74. The Hall–Kier alpha value is -1.43. The minimum Gasteiger partial charge on any atom is -0.341 e. The fourth-order valence-electron chi connectivity index (χ4n) is 3.85. The lowest BCUT2D eigenvalue weighted by Crippen LogP contribution is -2.50. The molecule has 0 radical (unpaired) electrons. The van der Waals surface area contributed by atoms with E-state index in [1.165, 1.54) is 19.3 Å². The first-order valence-corrected chi connectivity index (χ1v) is 8.53. The van der Waals surface area contributed by atoms with Crippen LogP contribution in [0.2, 0.25) is 0 Å². The van der Waals surface area contributed by atoms with Gasteiger partial charge in [0.2, 0.25) is 5.91 Å². The smallest absolute Gasteiger partial charge is 0.236 e. The van der Waals surface area contributed by atoms with Gasteiger partial charge in [0.1, 0.15) is 12.7 Å². The lowest BCUT2D eigenvalue weighted by Gasteiger charge is -2.40. The first kappa shape index (κ1) is 15.5.